The van der Waals surface area contributed by atoms with Gasteiger partial charge in [-0.05, 0) is 60.7 Å². The van der Waals surface area contributed by atoms with Gasteiger partial charge in [-0.3, -0.25) is 29.3 Å². The van der Waals surface area contributed by atoms with E-state index < -0.39 is 63.6 Å². The van der Waals surface area contributed by atoms with Crippen LogP contribution in [0.3, 0.4) is 0 Å². The van der Waals surface area contributed by atoms with Crippen LogP contribution >= 0.6 is 11.6 Å². The standard InChI is InChI=1S/C39H30ClN3O8/c1-51-31-15-7-14-30(44)33(31)34-26-16-17-27-32(37(47)41(35(27)45)24-12-6-13-25(19-24)43(49)50)28(26)20-29-36(46)42(23-11-5-10-22(40)18-23)38(48)39(29,34)21-8-3-2-4-9-21/h2-16,18-19,27-29,32,34,44H,17,20H2,1H3. The highest BCUT2D eigenvalue weighted by Crippen LogP contribution is 2.66. The van der Waals surface area contributed by atoms with Crippen LogP contribution in [0.25, 0.3) is 0 Å². The van der Waals surface area contributed by atoms with Gasteiger partial charge in [0.05, 0.1) is 46.6 Å². The molecule has 256 valence electrons. The number of ether oxygens (including phenoxy) is 1. The first kappa shape index (κ1) is 32.4. The fourth-order valence-electron chi connectivity index (χ4n) is 9.06. The highest BCUT2D eigenvalue weighted by atomic mass is 35.5. The van der Waals surface area contributed by atoms with Crippen molar-refractivity contribution in [3.63, 3.8) is 0 Å². The Morgan fingerprint density at radius 1 is 0.843 bits per heavy atom. The molecule has 0 aromatic heterocycles. The largest absolute Gasteiger partial charge is 0.508 e. The van der Waals surface area contributed by atoms with E-state index in [9.17, 15) is 29.6 Å². The van der Waals surface area contributed by atoms with Gasteiger partial charge in [-0.25, -0.2) is 9.80 Å². The summed E-state index contributed by atoms with van der Waals surface area (Å²) in [5, 5.41) is 23.6. The van der Waals surface area contributed by atoms with Crippen molar-refractivity contribution < 1.29 is 33.9 Å². The van der Waals surface area contributed by atoms with E-state index in [1.807, 2.05) is 12.1 Å². The number of benzene rings is 4. The number of hydrogen-bond donors (Lipinski definition) is 1. The molecule has 0 radical (unpaired) electrons. The molecular formula is C39H30ClN3O8. The van der Waals surface area contributed by atoms with Crippen LogP contribution in [0.4, 0.5) is 17.1 Å². The van der Waals surface area contributed by atoms with Crippen molar-refractivity contribution in [2.45, 2.75) is 24.2 Å². The second-order valence-electron chi connectivity index (χ2n) is 13.3. The van der Waals surface area contributed by atoms with Crippen molar-refractivity contribution in [3.8, 4) is 11.5 Å². The predicted octanol–water partition coefficient (Wildman–Crippen LogP) is 6.33. The zero-order valence-electron chi connectivity index (χ0n) is 27.1. The van der Waals surface area contributed by atoms with Crippen molar-refractivity contribution >= 4 is 52.3 Å². The smallest absolute Gasteiger partial charge is 0.271 e. The number of carbonyl (C=O) groups excluding carboxylic acids is 4. The molecule has 11 nitrogen and oxygen atoms in total. The molecule has 4 aromatic rings. The molecule has 6 unspecified atom stereocenters. The Kier molecular flexibility index (Phi) is 7.57. The number of methoxy groups -OCH3 is 1. The van der Waals surface area contributed by atoms with Crippen LogP contribution < -0.4 is 14.5 Å². The number of hydrogen-bond acceptors (Lipinski definition) is 8. The van der Waals surface area contributed by atoms with Crippen molar-refractivity contribution in [2.75, 3.05) is 16.9 Å². The van der Waals surface area contributed by atoms with Crippen LogP contribution in [-0.2, 0) is 24.6 Å². The van der Waals surface area contributed by atoms with Gasteiger partial charge in [-0.15, -0.1) is 0 Å². The SMILES string of the molecule is COc1cccc(O)c1C1C2=CCC3C(=O)N(c4cccc([N+](=O)[O-])c4)C(=O)C3C2CC2C(=O)N(c3cccc(Cl)c3)C(=O)C21c1ccccc1. The molecule has 4 amide bonds. The maximum atomic E-state index is 15.3. The van der Waals surface area contributed by atoms with E-state index in [4.69, 9.17) is 16.3 Å². The molecule has 2 aliphatic carbocycles. The summed E-state index contributed by atoms with van der Waals surface area (Å²) in [6.07, 6.45) is 2.04. The van der Waals surface area contributed by atoms with Gasteiger partial charge in [0.1, 0.15) is 11.5 Å². The monoisotopic (exact) mass is 703 g/mol. The number of carbonyl (C=O) groups is 4. The quantitative estimate of drug-likeness (QED) is 0.106. The molecule has 1 saturated carbocycles. The summed E-state index contributed by atoms with van der Waals surface area (Å²) in [5.41, 5.74) is -0.0479. The second-order valence-corrected chi connectivity index (χ2v) is 13.7. The van der Waals surface area contributed by atoms with Crippen LogP contribution in [-0.4, -0.2) is 40.8 Å². The minimum Gasteiger partial charge on any atom is -0.508 e. The number of anilines is 2. The lowest BCUT2D eigenvalue weighted by atomic mass is 9.49. The van der Waals surface area contributed by atoms with Crippen LogP contribution in [0, 0.1) is 33.8 Å². The van der Waals surface area contributed by atoms with Crippen molar-refractivity contribution in [1.82, 2.24) is 0 Å². The Bertz CT molecular complexity index is 2210. The highest BCUT2D eigenvalue weighted by Gasteiger charge is 2.71. The maximum absolute atomic E-state index is 15.3. The van der Waals surface area contributed by atoms with Crippen molar-refractivity contribution in [2.24, 2.45) is 23.7 Å². The van der Waals surface area contributed by atoms with Gasteiger partial charge in [-0.2, -0.15) is 0 Å². The van der Waals surface area contributed by atoms with Crippen LogP contribution in [0.1, 0.15) is 29.9 Å². The third-order valence-corrected chi connectivity index (χ3v) is 11.3. The average Bonchev–Trinajstić information content (AvgIpc) is 3.52. The molecule has 8 rings (SSSR count). The topological polar surface area (TPSA) is 147 Å². The Morgan fingerprint density at radius 2 is 1.55 bits per heavy atom. The van der Waals surface area contributed by atoms with Gasteiger partial charge in [0, 0.05) is 28.6 Å². The molecule has 6 atom stereocenters. The number of aromatic hydroxyl groups is 1. The zero-order chi connectivity index (χ0) is 35.8. The minimum atomic E-state index is -1.60. The second kappa shape index (κ2) is 11.9. The molecule has 3 fully saturated rings. The zero-order valence-corrected chi connectivity index (χ0v) is 27.9. The normalized spacial score (nSPS) is 26.8. The van der Waals surface area contributed by atoms with E-state index >= 15 is 4.79 Å². The van der Waals surface area contributed by atoms with Gasteiger partial charge in [-0.1, -0.05) is 71.8 Å². The lowest BCUT2D eigenvalue weighted by molar-refractivity contribution is -0.384. The number of imide groups is 2. The lowest BCUT2D eigenvalue weighted by Gasteiger charge is -2.51. The first-order chi connectivity index (χ1) is 24.6. The number of nitro groups is 1. The maximum Gasteiger partial charge on any atom is 0.271 e. The molecule has 2 aliphatic heterocycles. The number of amides is 4. The van der Waals surface area contributed by atoms with Crippen molar-refractivity contribution in [1.29, 1.82) is 0 Å². The number of phenols is 1. The molecule has 4 aromatic carbocycles. The lowest BCUT2D eigenvalue weighted by Crippen LogP contribution is -2.53. The number of fused-ring (bicyclic) bond motifs is 4. The van der Waals surface area contributed by atoms with E-state index in [-0.39, 0.29) is 47.0 Å². The van der Waals surface area contributed by atoms with Crippen LogP contribution in [0.5, 0.6) is 11.5 Å². The third-order valence-electron chi connectivity index (χ3n) is 11.0. The summed E-state index contributed by atoms with van der Waals surface area (Å²) in [6.45, 7) is 0. The molecular weight excluding hydrogens is 674 g/mol. The van der Waals surface area contributed by atoms with Gasteiger partial charge in [0.15, 0.2) is 0 Å². The molecule has 1 N–H and O–H groups in total. The summed E-state index contributed by atoms with van der Waals surface area (Å²) < 4.78 is 5.81. The molecule has 0 spiro atoms. The molecule has 12 heteroatoms. The van der Waals surface area contributed by atoms with Gasteiger partial charge in [0.2, 0.25) is 23.6 Å². The Morgan fingerprint density at radius 3 is 2.25 bits per heavy atom. The summed E-state index contributed by atoms with van der Waals surface area (Å²) in [6, 6.07) is 25.6. The number of halogens is 1. The van der Waals surface area contributed by atoms with Crippen LogP contribution in [0.2, 0.25) is 5.02 Å². The van der Waals surface area contributed by atoms with Crippen molar-refractivity contribution in [3.05, 3.63) is 135 Å². The van der Waals surface area contributed by atoms with E-state index in [1.165, 1.54) is 37.4 Å². The minimum absolute atomic E-state index is 0.0394. The first-order valence-corrected chi connectivity index (χ1v) is 16.8. The Labute approximate surface area is 296 Å². The average molecular weight is 704 g/mol. The molecule has 0 bridgehead atoms. The Hall–Kier alpha value is -5.81. The first-order valence-electron chi connectivity index (χ1n) is 16.5. The van der Waals surface area contributed by atoms with Gasteiger partial charge < -0.3 is 9.84 Å². The number of rotatable bonds is 6. The number of non-ortho nitro benzene ring substituents is 1. The number of allylic oxidation sites excluding steroid dienone is 2. The van der Waals surface area contributed by atoms with Gasteiger partial charge >= 0.3 is 0 Å². The number of nitro benzene ring substituents is 1. The Balaban J connectivity index is 1.36. The van der Waals surface area contributed by atoms with Gasteiger partial charge in [0.25, 0.3) is 5.69 Å². The molecule has 2 heterocycles. The molecule has 51 heavy (non-hydrogen) atoms. The molecule has 4 aliphatic rings. The van der Waals surface area contributed by atoms with Crippen LogP contribution in [0.15, 0.2) is 109 Å². The molecule has 2 saturated heterocycles. The van der Waals surface area contributed by atoms with E-state index in [0.717, 1.165) is 9.80 Å². The fraction of sp³-hybridized carbons (Fsp3) is 0.231. The number of nitrogens with zero attached hydrogens (tertiary/aromatic N) is 3. The summed E-state index contributed by atoms with van der Waals surface area (Å²) in [4.78, 5) is 71.9. The summed E-state index contributed by atoms with van der Waals surface area (Å²) >= 11 is 6.37. The number of phenolic OH excluding ortho intramolecular Hbond substituents is 1. The summed E-state index contributed by atoms with van der Waals surface area (Å²) in [7, 11) is 1.45. The predicted molar refractivity (Wildman–Crippen MR) is 186 cm³/mol. The van der Waals surface area contributed by atoms with E-state index in [0.29, 0.717) is 16.2 Å². The summed E-state index contributed by atoms with van der Waals surface area (Å²) in [5.74, 6) is -6.44. The van der Waals surface area contributed by atoms with E-state index in [2.05, 4.69) is 0 Å². The highest BCUT2D eigenvalue weighted by molar-refractivity contribution is 6.32. The van der Waals surface area contributed by atoms with E-state index in [1.54, 1.807) is 60.7 Å². The fourth-order valence-corrected chi connectivity index (χ4v) is 9.24. The third kappa shape index (κ3) is 4.57.